The first kappa shape index (κ1) is 14.4. The molecular weight excluding hydrogens is 258 g/mol. The average molecular weight is 277 g/mol. The first-order valence-electron chi connectivity index (χ1n) is 6.86. The van der Waals surface area contributed by atoms with E-state index in [1.165, 1.54) is 0 Å². The van der Waals surface area contributed by atoms with Crippen LogP contribution in [0.15, 0.2) is 18.2 Å². The Hall–Kier alpha value is -2.04. The predicted octanol–water partition coefficient (Wildman–Crippen LogP) is 2.29. The summed E-state index contributed by atoms with van der Waals surface area (Å²) in [5.41, 5.74) is 1.78. The fraction of sp³-hybridized carbons (Fsp3) is 0.467. The van der Waals surface area contributed by atoms with Crippen molar-refractivity contribution in [2.24, 2.45) is 0 Å². The molecule has 1 atom stereocenters. The molecule has 1 aromatic carbocycles. The Labute approximate surface area is 118 Å². The maximum Gasteiger partial charge on any atom is 0.305 e. The molecule has 1 aromatic rings. The van der Waals surface area contributed by atoms with Crippen LogP contribution in [0.4, 0.5) is 5.69 Å². The Balaban J connectivity index is 1.90. The van der Waals surface area contributed by atoms with Crippen LogP contribution in [0.1, 0.15) is 32.3 Å². The molecule has 5 nitrogen and oxygen atoms in total. The molecule has 1 amide bonds. The van der Waals surface area contributed by atoms with Crippen LogP contribution < -0.4 is 10.1 Å². The highest BCUT2D eigenvalue weighted by atomic mass is 16.5. The number of benzene rings is 1. The third-order valence-electron chi connectivity index (χ3n) is 3.14. The molecule has 1 aliphatic heterocycles. The largest absolute Gasteiger partial charge is 0.479 e. The van der Waals surface area contributed by atoms with Gasteiger partial charge in [0.05, 0.1) is 12.3 Å². The zero-order valence-electron chi connectivity index (χ0n) is 11.8. The van der Waals surface area contributed by atoms with Crippen molar-refractivity contribution in [3.05, 3.63) is 23.8 Å². The molecule has 1 heterocycles. The number of hydrogen-bond acceptors (Lipinski definition) is 4. The van der Waals surface area contributed by atoms with Gasteiger partial charge in [0.2, 0.25) is 0 Å². The molecule has 0 saturated heterocycles. The van der Waals surface area contributed by atoms with Crippen molar-refractivity contribution in [2.45, 2.75) is 39.2 Å². The van der Waals surface area contributed by atoms with E-state index in [1.807, 2.05) is 18.2 Å². The number of fused-ring (bicyclic) bond motifs is 1. The van der Waals surface area contributed by atoms with E-state index in [9.17, 15) is 9.59 Å². The van der Waals surface area contributed by atoms with Crippen LogP contribution in [0.2, 0.25) is 0 Å². The summed E-state index contributed by atoms with van der Waals surface area (Å²) in [7, 11) is 0. The molecular formula is C15H19NO4. The summed E-state index contributed by atoms with van der Waals surface area (Å²) in [5, 5.41) is 2.82. The molecule has 0 spiro atoms. The number of carbonyl (C=O) groups excluding carboxylic acids is 2. The van der Waals surface area contributed by atoms with E-state index in [2.05, 4.69) is 5.32 Å². The van der Waals surface area contributed by atoms with Gasteiger partial charge in [-0.15, -0.1) is 0 Å². The average Bonchev–Trinajstić information content (AvgIpc) is 2.44. The molecule has 5 heteroatoms. The number of anilines is 1. The molecule has 1 aliphatic rings. The van der Waals surface area contributed by atoms with E-state index in [0.717, 1.165) is 18.4 Å². The smallest absolute Gasteiger partial charge is 0.305 e. The highest BCUT2D eigenvalue weighted by Gasteiger charge is 2.23. The quantitative estimate of drug-likeness (QED) is 0.662. The Morgan fingerprint density at radius 1 is 1.45 bits per heavy atom. The van der Waals surface area contributed by atoms with Gasteiger partial charge in [-0.2, -0.15) is 0 Å². The Morgan fingerprint density at radius 3 is 3.00 bits per heavy atom. The first-order chi connectivity index (χ1) is 9.60. The number of amides is 1. The summed E-state index contributed by atoms with van der Waals surface area (Å²) < 4.78 is 10.5. The minimum Gasteiger partial charge on any atom is -0.479 e. The molecule has 1 N–H and O–H groups in total. The second-order valence-electron chi connectivity index (χ2n) is 4.76. The predicted molar refractivity (Wildman–Crippen MR) is 74.7 cm³/mol. The van der Waals surface area contributed by atoms with Crippen LogP contribution in [0.25, 0.3) is 0 Å². The van der Waals surface area contributed by atoms with Crippen LogP contribution in [0.5, 0.6) is 5.75 Å². The molecule has 0 radical (unpaired) electrons. The summed E-state index contributed by atoms with van der Waals surface area (Å²) in [5.74, 6) is 0.384. The van der Waals surface area contributed by atoms with Crippen molar-refractivity contribution in [3.8, 4) is 5.75 Å². The lowest BCUT2D eigenvalue weighted by atomic mass is 10.1. The minimum absolute atomic E-state index is 0.133. The number of aryl methyl sites for hydroxylation is 1. The fourth-order valence-electron chi connectivity index (χ4n) is 1.98. The summed E-state index contributed by atoms with van der Waals surface area (Å²) in [6, 6.07) is 5.73. The zero-order chi connectivity index (χ0) is 14.5. The number of nitrogens with one attached hydrogen (secondary N) is 1. The standard InChI is InChI=1S/C15H19NO4/c1-3-14(17)19-8-4-5-11-6-7-13-12(9-11)16-15(18)10(2)20-13/h6-7,9-10H,3-5,8H2,1-2H3,(H,16,18). The summed E-state index contributed by atoms with van der Waals surface area (Å²) in [6.07, 6.45) is 1.49. The maximum atomic E-state index is 11.5. The van der Waals surface area contributed by atoms with Crippen LogP contribution in [-0.4, -0.2) is 24.6 Å². The molecule has 0 fully saturated rings. The van der Waals surface area contributed by atoms with Crippen molar-refractivity contribution >= 4 is 17.6 Å². The summed E-state index contributed by atoms with van der Waals surface area (Å²) in [6.45, 7) is 3.91. The topological polar surface area (TPSA) is 64.6 Å². The van der Waals surface area contributed by atoms with Crippen molar-refractivity contribution in [1.29, 1.82) is 0 Å². The van der Waals surface area contributed by atoms with Gasteiger partial charge in [-0.25, -0.2) is 0 Å². The van der Waals surface area contributed by atoms with Crippen molar-refractivity contribution in [3.63, 3.8) is 0 Å². The van der Waals surface area contributed by atoms with E-state index >= 15 is 0 Å². The molecule has 0 bridgehead atoms. The lowest BCUT2D eigenvalue weighted by Gasteiger charge is -2.23. The Bertz CT molecular complexity index is 513. The number of hydrogen-bond donors (Lipinski definition) is 1. The van der Waals surface area contributed by atoms with Gasteiger partial charge in [-0.05, 0) is 37.5 Å². The number of esters is 1. The molecule has 20 heavy (non-hydrogen) atoms. The first-order valence-corrected chi connectivity index (χ1v) is 6.86. The van der Waals surface area contributed by atoms with E-state index in [1.54, 1.807) is 13.8 Å². The maximum absolute atomic E-state index is 11.5. The van der Waals surface area contributed by atoms with Crippen LogP contribution >= 0.6 is 0 Å². The molecule has 0 aliphatic carbocycles. The highest BCUT2D eigenvalue weighted by molar-refractivity contribution is 5.97. The Morgan fingerprint density at radius 2 is 2.25 bits per heavy atom. The van der Waals surface area contributed by atoms with Gasteiger partial charge in [0.25, 0.3) is 5.91 Å². The van der Waals surface area contributed by atoms with Crippen LogP contribution in [0, 0.1) is 0 Å². The normalized spacial score (nSPS) is 16.9. The number of carbonyl (C=O) groups is 2. The summed E-state index contributed by atoms with van der Waals surface area (Å²) >= 11 is 0. The third-order valence-corrected chi connectivity index (χ3v) is 3.14. The van der Waals surface area contributed by atoms with Crippen molar-refractivity contribution in [1.82, 2.24) is 0 Å². The lowest BCUT2D eigenvalue weighted by molar-refractivity contribution is -0.143. The van der Waals surface area contributed by atoms with E-state index in [0.29, 0.717) is 24.5 Å². The van der Waals surface area contributed by atoms with Gasteiger partial charge >= 0.3 is 5.97 Å². The molecule has 2 rings (SSSR count). The molecule has 1 unspecified atom stereocenters. The monoisotopic (exact) mass is 277 g/mol. The van der Waals surface area contributed by atoms with E-state index in [4.69, 9.17) is 9.47 Å². The van der Waals surface area contributed by atoms with Gasteiger partial charge < -0.3 is 14.8 Å². The van der Waals surface area contributed by atoms with E-state index < -0.39 is 6.10 Å². The van der Waals surface area contributed by atoms with Gasteiger partial charge in [0.15, 0.2) is 6.10 Å². The Kier molecular flexibility index (Phi) is 4.61. The molecule has 0 saturated carbocycles. The number of ether oxygens (including phenoxy) is 2. The fourth-order valence-corrected chi connectivity index (χ4v) is 1.98. The third kappa shape index (κ3) is 3.50. The van der Waals surface area contributed by atoms with Gasteiger partial charge in [-0.3, -0.25) is 9.59 Å². The zero-order valence-corrected chi connectivity index (χ0v) is 11.8. The number of rotatable bonds is 5. The van der Waals surface area contributed by atoms with Crippen LogP contribution in [-0.2, 0) is 20.7 Å². The second kappa shape index (κ2) is 6.41. The molecule has 108 valence electrons. The van der Waals surface area contributed by atoms with Crippen LogP contribution in [0.3, 0.4) is 0 Å². The van der Waals surface area contributed by atoms with Crippen molar-refractivity contribution in [2.75, 3.05) is 11.9 Å². The SMILES string of the molecule is CCC(=O)OCCCc1ccc2c(c1)NC(=O)C(C)O2. The van der Waals surface area contributed by atoms with Gasteiger partial charge in [-0.1, -0.05) is 13.0 Å². The van der Waals surface area contributed by atoms with E-state index in [-0.39, 0.29) is 11.9 Å². The molecule has 0 aromatic heterocycles. The van der Waals surface area contributed by atoms with Gasteiger partial charge in [0.1, 0.15) is 5.75 Å². The minimum atomic E-state index is -0.457. The highest BCUT2D eigenvalue weighted by Crippen LogP contribution is 2.30. The van der Waals surface area contributed by atoms with Crippen molar-refractivity contribution < 1.29 is 19.1 Å². The lowest BCUT2D eigenvalue weighted by Crippen LogP contribution is -2.34. The summed E-state index contributed by atoms with van der Waals surface area (Å²) in [4.78, 5) is 22.5. The van der Waals surface area contributed by atoms with Gasteiger partial charge in [0, 0.05) is 6.42 Å². The second-order valence-corrected chi connectivity index (χ2v) is 4.76.